The van der Waals surface area contributed by atoms with Crippen LogP contribution < -0.4 is 14.6 Å². The van der Waals surface area contributed by atoms with Crippen LogP contribution in [0.5, 0.6) is 11.5 Å². The maximum Gasteiger partial charge on any atom is 0.254 e. The Morgan fingerprint density at radius 2 is 1.65 bits per heavy atom. The molecule has 3 aromatic rings. The van der Waals surface area contributed by atoms with Gasteiger partial charge in [0.25, 0.3) is 5.91 Å². The molecule has 2 heterocycles. The van der Waals surface area contributed by atoms with Gasteiger partial charge in [0.05, 0.1) is 5.25 Å². The average Bonchev–Trinajstić information content (AvgIpc) is 3.25. The Hall–Kier alpha value is -3.10. The summed E-state index contributed by atoms with van der Waals surface area (Å²) >= 11 is 0. The van der Waals surface area contributed by atoms with Crippen molar-refractivity contribution < 1.29 is 22.7 Å². The molecule has 31 heavy (non-hydrogen) atoms. The molecule has 0 aliphatic carbocycles. The van der Waals surface area contributed by atoms with Gasteiger partial charge < -0.3 is 14.4 Å². The minimum absolute atomic E-state index is 0.0960. The number of rotatable bonds is 3. The molecule has 160 valence electrons. The first-order valence-corrected chi connectivity index (χ1v) is 11.8. The number of sulfonamides is 1. The third-order valence-corrected chi connectivity index (χ3v) is 7.43. The van der Waals surface area contributed by atoms with Crippen molar-refractivity contribution in [3.05, 3.63) is 60.2 Å². The third-order valence-electron chi connectivity index (χ3n) is 6.03. The van der Waals surface area contributed by atoms with Crippen LogP contribution in [0.3, 0.4) is 0 Å². The van der Waals surface area contributed by atoms with E-state index in [1.54, 1.807) is 4.90 Å². The van der Waals surface area contributed by atoms with Crippen molar-refractivity contribution >= 4 is 26.7 Å². The molecule has 5 rings (SSSR count). The van der Waals surface area contributed by atoms with Crippen molar-refractivity contribution in [3.8, 4) is 22.6 Å². The zero-order chi connectivity index (χ0) is 21.6. The van der Waals surface area contributed by atoms with Gasteiger partial charge in [0, 0.05) is 18.7 Å². The molecular formula is C23H22N2O5S. The highest BCUT2D eigenvalue weighted by Gasteiger charge is 2.30. The minimum atomic E-state index is -3.57. The van der Waals surface area contributed by atoms with Crippen molar-refractivity contribution in [2.75, 3.05) is 19.9 Å². The summed E-state index contributed by atoms with van der Waals surface area (Å²) < 4.78 is 34.1. The molecule has 0 bridgehead atoms. The van der Waals surface area contributed by atoms with Gasteiger partial charge in [0.2, 0.25) is 16.8 Å². The highest BCUT2D eigenvalue weighted by atomic mass is 32.2. The van der Waals surface area contributed by atoms with E-state index in [0.29, 0.717) is 37.2 Å². The predicted molar refractivity (Wildman–Crippen MR) is 118 cm³/mol. The molecule has 2 aliphatic heterocycles. The summed E-state index contributed by atoms with van der Waals surface area (Å²) in [6, 6.07) is 17.4. The van der Waals surface area contributed by atoms with E-state index in [1.165, 1.54) is 0 Å². The van der Waals surface area contributed by atoms with E-state index in [2.05, 4.69) is 0 Å². The largest absolute Gasteiger partial charge is 0.454 e. The van der Waals surface area contributed by atoms with Gasteiger partial charge in [0.1, 0.15) is 0 Å². The van der Waals surface area contributed by atoms with Gasteiger partial charge >= 0.3 is 0 Å². The number of likely N-dealkylation sites (tertiary alicyclic amines) is 1. The van der Waals surface area contributed by atoms with Crippen molar-refractivity contribution in [1.82, 2.24) is 4.90 Å². The molecular weight excluding hydrogens is 416 g/mol. The Labute approximate surface area is 180 Å². The first-order chi connectivity index (χ1) is 14.9. The number of fused-ring (bicyclic) bond motifs is 2. The van der Waals surface area contributed by atoms with Gasteiger partial charge in [-0.25, -0.2) is 13.6 Å². The van der Waals surface area contributed by atoms with Crippen LogP contribution in [0, 0.1) is 0 Å². The summed E-state index contributed by atoms with van der Waals surface area (Å²) in [6.07, 6.45) is 0.718. The maximum absolute atomic E-state index is 13.3. The van der Waals surface area contributed by atoms with Gasteiger partial charge in [-0.3, -0.25) is 4.79 Å². The number of carbonyl (C=O) groups is 1. The predicted octanol–water partition coefficient (Wildman–Crippen LogP) is 3.13. The van der Waals surface area contributed by atoms with Gasteiger partial charge in [-0.05, 0) is 52.9 Å². The Morgan fingerprint density at radius 3 is 2.39 bits per heavy atom. The van der Waals surface area contributed by atoms with Gasteiger partial charge in [-0.1, -0.05) is 36.4 Å². The molecule has 2 N–H and O–H groups in total. The highest BCUT2D eigenvalue weighted by molar-refractivity contribution is 7.89. The quantitative estimate of drug-likeness (QED) is 0.677. The van der Waals surface area contributed by atoms with Crippen molar-refractivity contribution in [2.45, 2.75) is 18.1 Å². The lowest BCUT2D eigenvalue weighted by atomic mass is 9.94. The molecule has 0 saturated carbocycles. The van der Waals surface area contributed by atoms with Crippen molar-refractivity contribution in [3.63, 3.8) is 0 Å². The summed E-state index contributed by atoms with van der Waals surface area (Å²) in [4.78, 5) is 15.0. The number of nitrogens with two attached hydrogens (primary N) is 1. The van der Waals surface area contributed by atoms with Gasteiger partial charge in [0.15, 0.2) is 11.5 Å². The molecule has 3 aromatic carbocycles. The second kappa shape index (κ2) is 7.55. The molecule has 7 nitrogen and oxygen atoms in total. The summed E-state index contributed by atoms with van der Waals surface area (Å²) in [5, 5.41) is 6.52. The minimum Gasteiger partial charge on any atom is -0.454 e. The summed E-state index contributed by atoms with van der Waals surface area (Å²) in [6.45, 7) is 0.964. The number of amides is 1. The first-order valence-electron chi connectivity index (χ1n) is 10.1. The molecule has 0 aromatic heterocycles. The van der Waals surface area contributed by atoms with Crippen LogP contribution in [0.2, 0.25) is 0 Å². The van der Waals surface area contributed by atoms with Crippen LogP contribution in [0.1, 0.15) is 23.2 Å². The monoisotopic (exact) mass is 438 g/mol. The zero-order valence-electron chi connectivity index (χ0n) is 16.8. The molecule has 0 spiro atoms. The normalized spacial score (nSPS) is 16.6. The van der Waals surface area contributed by atoms with E-state index in [4.69, 9.17) is 14.6 Å². The lowest BCUT2D eigenvalue weighted by Gasteiger charge is -2.31. The SMILES string of the molecule is NS(=O)(=O)C1CCN(C(=O)c2ccc(-c3ccc4c(c3)OCO4)c3ccccc23)CC1. The Morgan fingerprint density at radius 1 is 0.935 bits per heavy atom. The molecule has 1 fully saturated rings. The van der Waals surface area contributed by atoms with Crippen LogP contribution in [0.25, 0.3) is 21.9 Å². The van der Waals surface area contributed by atoms with Gasteiger partial charge in [-0.15, -0.1) is 0 Å². The number of piperidine rings is 1. The lowest BCUT2D eigenvalue weighted by Crippen LogP contribution is -2.44. The van der Waals surface area contributed by atoms with Crippen LogP contribution in [0.15, 0.2) is 54.6 Å². The van der Waals surface area contributed by atoms with Crippen LogP contribution in [-0.4, -0.2) is 44.4 Å². The van der Waals surface area contributed by atoms with Crippen molar-refractivity contribution in [2.24, 2.45) is 5.14 Å². The van der Waals surface area contributed by atoms with E-state index < -0.39 is 15.3 Å². The maximum atomic E-state index is 13.3. The first kappa shape index (κ1) is 19.8. The van der Waals surface area contributed by atoms with Crippen molar-refractivity contribution in [1.29, 1.82) is 0 Å². The molecule has 0 unspecified atom stereocenters. The standard InChI is InChI=1S/C23H22N2O5S/c24-31(27,28)16-9-11-25(12-10-16)23(26)20-7-6-17(18-3-1-2-4-19(18)20)15-5-8-21-22(13-15)30-14-29-21/h1-8,13,16H,9-12,14H2,(H2,24,27,28). The van der Waals surface area contributed by atoms with E-state index in [-0.39, 0.29) is 12.7 Å². The second-order valence-electron chi connectivity index (χ2n) is 7.85. The third kappa shape index (κ3) is 3.62. The number of hydrogen-bond acceptors (Lipinski definition) is 5. The lowest BCUT2D eigenvalue weighted by molar-refractivity contribution is 0.0727. The highest BCUT2D eigenvalue weighted by Crippen LogP contribution is 2.38. The van der Waals surface area contributed by atoms with E-state index >= 15 is 0 Å². The molecule has 1 amide bonds. The Balaban J connectivity index is 1.49. The Kier molecular flexibility index (Phi) is 4.83. The molecule has 0 atom stereocenters. The Bertz CT molecular complexity index is 1280. The van der Waals surface area contributed by atoms with E-state index in [1.807, 2.05) is 54.6 Å². The number of benzene rings is 3. The topological polar surface area (TPSA) is 98.9 Å². The number of carbonyl (C=O) groups excluding carboxylic acids is 1. The smallest absolute Gasteiger partial charge is 0.254 e. The average molecular weight is 439 g/mol. The summed E-state index contributed by atoms with van der Waals surface area (Å²) in [5.41, 5.74) is 2.58. The molecule has 1 saturated heterocycles. The zero-order valence-corrected chi connectivity index (χ0v) is 17.6. The van der Waals surface area contributed by atoms with E-state index in [0.717, 1.165) is 27.6 Å². The number of hydrogen-bond donors (Lipinski definition) is 1. The van der Waals surface area contributed by atoms with Crippen LogP contribution >= 0.6 is 0 Å². The molecule has 0 radical (unpaired) electrons. The fourth-order valence-electron chi connectivity index (χ4n) is 4.36. The molecule has 2 aliphatic rings. The summed E-state index contributed by atoms with van der Waals surface area (Å²) in [5.74, 6) is 1.34. The van der Waals surface area contributed by atoms with Gasteiger partial charge in [-0.2, -0.15) is 0 Å². The number of nitrogens with zero attached hydrogens (tertiary/aromatic N) is 1. The fraction of sp³-hybridized carbons (Fsp3) is 0.261. The molecule has 8 heteroatoms. The number of primary sulfonamides is 1. The summed E-state index contributed by atoms with van der Waals surface area (Å²) in [7, 11) is -3.57. The number of ether oxygens (including phenoxy) is 2. The fourth-order valence-corrected chi connectivity index (χ4v) is 5.23. The van der Waals surface area contributed by atoms with Crippen LogP contribution in [0.4, 0.5) is 0 Å². The second-order valence-corrected chi connectivity index (χ2v) is 9.70. The van der Waals surface area contributed by atoms with E-state index in [9.17, 15) is 13.2 Å². The van der Waals surface area contributed by atoms with Crippen LogP contribution in [-0.2, 0) is 10.0 Å².